The van der Waals surface area contributed by atoms with Crippen molar-refractivity contribution >= 4 is 131 Å². The summed E-state index contributed by atoms with van der Waals surface area (Å²) in [5.41, 5.74) is 17.3. The Hall–Kier alpha value is -12.4. The number of para-hydroxylation sites is 4. The van der Waals surface area contributed by atoms with Crippen LogP contribution in [0.15, 0.2) is 303 Å². The highest BCUT2D eigenvalue weighted by Crippen LogP contribution is 2.47. The number of hydrogen-bond donors (Lipinski definition) is 0. The summed E-state index contributed by atoms with van der Waals surface area (Å²) in [6, 6.07) is 110. The summed E-state index contributed by atoms with van der Waals surface area (Å²) in [6.07, 6.45) is 0. The van der Waals surface area contributed by atoms with Crippen molar-refractivity contribution in [1.29, 1.82) is 0 Å². The van der Waals surface area contributed by atoms with Crippen LogP contribution in [-0.2, 0) is 0 Å². The van der Waals surface area contributed by atoms with E-state index < -0.39 is 0 Å². The van der Waals surface area contributed by atoms with Crippen LogP contribution in [0.1, 0.15) is 0 Å². The van der Waals surface area contributed by atoms with Gasteiger partial charge >= 0.3 is 0 Å². The molecule has 0 atom stereocenters. The van der Waals surface area contributed by atoms with Crippen molar-refractivity contribution in [2.75, 3.05) is 0 Å². The van der Waals surface area contributed by atoms with Crippen LogP contribution in [-0.4, -0.2) is 37.8 Å². The quantitative estimate of drug-likeness (QED) is 0.160. The molecule has 20 aromatic rings. The average molecular weight is 1160 g/mol. The lowest BCUT2D eigenvalue weighted by molar-refractivity contribution is 0.953. The lowest BCUT2D eigenvalue weighted by atomic mass is 10.1. The van der Waals surface area contributed by atoms with E-state index in [1.165, 1.54) is 64.6 Å². The number of fused-ring (bicyclic) bond motifs is 19. The standard InChI is InChI=1S/C83H50N8/c1-3-23-53(24-4-1)81-84-82(54-25-5-2-6-26-54)86-83(85-81)91-75-47-41-55(87-71-35-15-11-31-59(71)63-43-45-65-61-33-13-17-37-73(61)89(79(65)77(63)87)69-39-19-27-51-21-7-9-29-57(51)69)49-67(75)68-50-56(42-48-76(68)91)88-72-36-16-12-32-60(72)64-44-46-66-62-34-14-18-38-74(62)90(80(66)78(64)88)70-40-20-28-52-22-8-10-30-58(52)70/h1-50H. The zero-order valence-electron chi connectivity index (χ0n) is 48.9. The summed E-state index contributed by atoms with van der Waals surface area (Å²) in [5, 5.41) is 16.4. The number of aromatic nitrogens is 8. The first-order chi connectivity index (χ1) is 45.2. The molecular formula is C83H50N8. The molecule has 6 heterocycles. The summed E-state index contributed by atoms with van der Waals surface area (Å²) in [7, 11) is 0. The smallest absolute Gasteiger partial charge is 0.238 e. The van der Waals surface area contributed by atoms with Crippen molar-refractivity contribution in [3.63, 3.8) is 0 Å². The van der Waals surface area contributed by atoms with Crippen LogP contribution >= 0.6 is 0 Å². The van der Waals surface area contributed by atoms with Crippen molar-refractivity contribution in [2.24, 2.45) is 0 Å². The van der Waals surface area contributed by atoms with Gasteiger partial charge in [-0.05, 0) is 83.6 Å². The van der Waals surface area contributed by atoms with Gasteiger partial charge in [-0.2, -0.15) is 9.97 Å². The molecule has 0 unspecified atom stereocenters. The molecule has 422 valence electrons. The molecule has 91 heavy (non-hydrogen) atoms. The van der Waals surface area contributed by atoms with Crippen molar-refractivity contribution in [3.8, 4) is 51.5 Å². The fraction of sp³-hybridized carbons (Fsp3) is 0. The topological polar surface area (TPSA) is 63.3 Å². The number of rotatable bonds is 7. The van der Waals surface area contributed by atoms with E-state index in [1.807, 2.05) is 36.4 Å². The Morgan fingerprint density at radius 3 is 0.923 bits per heavy atom. The molecule has 0 saturated heterocycles. The largest absolute Gasteiger partial charge is 0.307 e. The Labute approximate surface area is 520 Å². The molecule has 0 aliphatic carbocycles. The molecule has 14 aromatic carbocycles. The summed E-state index contributed by atoms with van der Waals surface area (Å²) in [6.45, 7) is 0. The van der Waals surface area contributed by atoms with E-state index in [0.717, 1.165) is 99.8 Å². The molecule has 0 radical (unpaired) electrons. The van der Waals surface area contributed by atoms with E-state index in [-0.39, 0.29) is 0 Å². The molecule has 0 amide bonds. The van der Waals surface area contributed by atoms with Crippen LogP contribution in [0.25, 0.3) is 182 Å². The molecule has 6 aromatic heterocycles. The molecule has 8 nitrogen and oxygen atoms in total. The predicted octanol–water partition coefficient (Wildman–Crippen LogP) is 21.0. The van der Waals surface area contributed by atoms with Crippen LogP contribution in [0.3, 0.4) is 0 Å². The number of benzene rings is 14. The first kappa shape index (κ1) is 49.7. The minimum atomic E-state index is 0.532. The van der Waals surface area contributed by atoms with Crippen LogP contribution in [0.5, 0.6) is 0 Å². The highest BCUT2D eigenvalue weighted by molar-refractivity contribution is 6.26. The van der Waals surface area contributed by atoms with E-state index in [0.29, 0.717) is 17.6 Å². The van der Waals surface area contributed by atoms with E-state index in [2.05, 4.69) is 290 Å². The minimum absolute atomic E-state index is 0.532. The van der Waals surface area contributed by atoms with Crippen molar-refractivity contribution < 1.29 is 0 Å². The Morgan fingerprint density at radius 1 is 0.198 bits per heavy atom. The van der Waals surface area contributed by atoms with Gasteiger partial charge in [0.15, 0.2) is 11.6 Å². The summed E-state index contributed by atoms with van der Waals surface area (Å²) in [4.78, 5) is 16.1. The molecule has 0 aliphatic heterocycles. The van der Waals surface area contributed by atoms with Gasteiger partial charge in [0.05, 0.1) is 66.5 Å². The van der Waals surface area contributed by atoms with Crippen LogP contribution in [0.4, 0.5) is 0 Å². The van der Waals surface area contributed by atoms with Gasteiger partial charge in [0.1, 0.15) is 0 Å². The molecule has 0 N–H and O–H groups in total. The van der Waals surface area contributed by atoms with Gasteiger partial charge in [-0.25, -0.2) is 4.98 Å². The summed E-state index contributed by atoms with van der Waals surface area (Å²) in [5.74, 6) is 1.73. The number of nitrogens with zero attached hydrogens (tertiary/aromatic N) is 8. The van der Waals surface area contributed by atoms with Gasteiger partial charge in [0, 0.05) is 87.1 Å². The van der Waals surface area contributed by atoms with Crippen LogP contribution < -0.4 is 0 Å². The van der Waals surface area contributed by atoms with Crippen molar-refractivity contribution in [3.05, 3.63) is 303 Å². The summed E-state index contributed by atoms with van der Waals surface area (Å²) < 4.78 is 12.3. The fourth-order valence-corrected chi connectivity index (χ4v) is 15.2. The highest BCUT2D eigenvalue weighted by atomic mass is 15.2. The van der Waals surface area contributed by atoms with Crippen molar-refractivity contribution in [1.82, 2.24) is 37.8 Å². The lowest BCUT2D eigenvalue weighted by Gasteiger charge is -2.15. The van der Waals surface area contributed by atoms with Crippen LogP contribution in [0, 0.1) is 0 Å². The third-order valence-corrected chi connectivity index (χ3v) is 19.1. The van der Waals surface area contributed by atoms with Gasteiger partial charge in [-0.3, -0.25) is 4.57 Å². The minimum Gasteiger partial charge on any atom is -0.307 e. The van der Waals surface area contributed by atoms with Gasteiger partial charge in [-0.1, -0.05) is 231 Å². The lowest BCUT2D eigenvalue weighted by Crippen LogP contribution is -2.06. The Morgan fingerprint density at radius 2 is 0.516 bits per heavy atom. The third kappa shape index (κ3) is 7.12. The zero-order chi connectivity index (χ0) is 59.4. The number of hydrogen-bond acceptors (Lipinski definition) is 3. The molecule has 0 bridgehead atoms. The maximum Gasteiger partial charge on any atom is 0.238 e. The zero-order valence-corrected chi connectivity index (χ0v) is 48.9. The second-order valence-electron chi connectivity index (χ2n) is 23.9. The molecule has 0 aliphatic rings. The first-order valence-electron chi connectivity index (χ1n) is 31.0. The Kier molecular flexibility index (Phi) is 10.4. The molecule has 0 fully saturated rings. The molecule has 0 spiro atoms. The molecular weight excluding hydrogens is 1110 g/mol. The third-order valence-electron chi connectivity index (χ3n) is 19.1. The van der Waals surface area contributed by atoms with Gasteiger partial charge in [-0.15, -0.1) is 0 Å². The molecule has 8 heteroatoms. The Bertz CT molecular complexity index is 6060. The van der Waals surface area contributed by atoms with Crippen molar-refractivity contribution in [2.45, 2.75) is 0 Å². The first-order valence-corrected chi connectivity index (χ1v) is 31.0. The maximum absolute atomic E-state index is 5.43. The summed E-state index contributed by atoms with van der Waals surface area (Å²) >= 11 is 0. The van der Waals surface area contributed by atoms with Gasteiger partial charge < -0.3 is 18.3 Å². The van der Waals surface area contributed by atoms with E-state index in [1.54, 1.807) is 0 Å². The second-order valence-corrected chi connectivity index (χ2v) is 23.9. The second kappa shape index (κ2) is 19.1. The van der Waals surface area contributed by atoms with E-state index in [9.17, 15) is 0 Å². The normalized spacial score (nSPS) is 12.2. The monoisotopic (exact) mass is 1160 g/mol. The highest BCUT2D eigenvalue weighted by Gasteiger charge is 2.27. The van der Waals surface area contributed by atoms with E-state index in [4.69, 9.17) is 15.0 Å². The van der Waals surface area contributed by atoms with Crippen LogP contribution in [0.2, 0.25) is 0 Å². The van der Waals surface area contributed by atoms with Gasteiger partial charge in [0.25, 0.3) is 0 Å². The maximum atomic E-state index is 5.43. The van der Waals surface area contributed by atoms with E-state index >= 15 is 0 Å². The predicted molar refractivity (Wildman–Crippen MR) is 377 cm³/mol. The molecule has 0 saturated carbocycles. The SMILES string of the molecule is c1ccc(-c2nc(-c3ccccc3)nc(-n3c4ccc(-n5c6ccccc6c6ccc7c8ccccc8n(-c8cccc9ccccc89)c7c65)cc4c4cc(-n5c6ccccc6c6ccc7c8ccccc8n(-c8cccc9ccccc89)c7c65)ccc43)n2)cc1. The average Bonchev–Trinajstić information content (AvgIpc) is 1.56. The Balaban J connectivity index is 0.917. The van der Waals surface area contributed by atoms with Gasteiger partial charge in [0.2, 0.25) is 5.95 Å². The molecule has 20 rings (SSSR count). The fourth-order valence-electron chi connectivity index (χ4n) is 15.2.